The lowest BCUT2D eigenvalue weighted by Gasteiger charge is -2.12. The molecule has 1 aromatic rings. The fourth-order valence-electron chi connectivity index (χ4n) is 1.38. The van der Waals surface area contributed by atoms with Gasteiger partial charge in [-0.3, -0.25) is 0 Å². The van der Waals surface area contributed by atoms with Crippen molar-refractivity contribution in [1.29, 1.82) is 0 Å². The molecule has 2 rings (SSSR count). The molecule has 2 heterocycles. The van der Waals surface area contributed by atoms with Gasteiger partial charge in [-0.15, -0.1) is 0 Å². The molecular weight excluding hydrogens is 162 g/mol. The zero-order chi connectivity index (χ0) is 9.10. The Morgan fingerprint density at radius 3 is 2.69 bits per heavy atom. The average molecular weight is 175 g/mol. The maximum absolute atomic E-state index is 4.29. The normalized spacial score (nSPS) is 16.8. The van der Waals surface area contributed by atoms with Crippen molar-refractivity contribution in [3.63, 3.8) is 0 Å². The summed E-state index contributed by atoms with van der Waals surface area (Å²) in [5, 5.41) is 3.26. The highest BCUT2D eigenvalue weighted by molar-refractivity contribution is 5.60. The molecule has 1 aliphatic heterocycles. The number of nitrogens with zero attached hydrogens (tertiary/aromatic N) is 2. The smallest absolute Gasteiger partial charge is 0.154 e. The molecule has 68 valence electrons. The van der Waals surface area contributed by atoms with Crippen molar-refractivity contribution in [2.45, 2.75) is 13.3 Å². The lowest BCUT2D eigenvalue weighted by Crippen LogP contribution is -2.20. The van der Waals surface area contributed by atoms with Crippen molar-refractivity contribution in [2.75, 3.05) is 13.1 Å². The maximum Gasteiger partial charge on any atom is 0.154 e. The second-order valence-corrected chi connectivity index (χ2v) is 3.27. The molecule has 0 unspecified atom stereocenters. The van der Waals surface area contributed by atoms with Crippen LogP contribution in [0.2, 0.25) is 0 Å². The molecular formula is C10H13N3. The van der Waals surface area contributed by atoms with Gasteiger partial charge in [0.25, 0.3) is 0 Å². The van der Waals surface area contributed by atoms with Crippen molar-refractivity contribution in [2.24, 2.45) is 0 Å². The van der Waals surface area contributed by atoms with Crippen LogP contribution in [0.3, 0.4) is 0 Å². The Morgan fingerprint density at radius 1 is 1.31 bits per heavy atom. The van der Waals surface area contributed by atoms with Crippen LogP contribution >= 0.6 is 0 Å². The van der Waals surface area contributed by atoms with E-state index in [-0.39, 0.29) is 0 Å². The van der Waals surface area contributed by atoms with E-state index >= 15 is 0 Å². The minimum atomic E-state index is 0.882. The molecule has 0 saturated heterocycles. The van der Waals surface area contributed by atoms with E-state index in [2.05, 4.69) is 21.4 Å². The molecule has 0 spiro atoms. The van der Waals surface area contributed by atoms with Crippen molar-refractivity contribution in [3.05, 3.63) is 29.9 Å². The van der Waals surface area contributed by atoms with Gasteiger partial charge in [-0.2, -0.15) is 0 Å². The lowest BCUT2D eigenvalue weighted by molar-refractivity contribution is 0.734. The molecule has 3 heteroatoms. The number of hydrogen-bond acceptors (Lipinski definition) is 3. The first-order chi connectivity index (χ1) is 6.36. The molecule has 0 radical (unpaired) electrons. The summed E-state index contributed by atoms with van der Waals surface area (Å²) in [4.78, 5) is 8.59. The van der Waals surface area contributed by atoms with Gasteiger partial charge in [-0.05, 0) is 31.0 Å². The van der Waals surface area contributed by atoms with Gasteiger partial charge >= 0.3 is 0 Å². The van der Waals surface area contributed by atoms with E-state index in [1.165, 1.54) is 5.57 Å². The Morgan fingerprint density at radius 2 is 2.08 bits per heavy atom. The van der Waals surface area contributed by atoms with E-state index in [4.69, 9.17) is 0 Å². The molecule has 0 saturated carbocycles. The van der Waals surface area contributed by atoms with E-state index < -0.39 is 0 Å². The van der Waals surface area contributed by atoms with Gasteiger partial charge < -0.3 is 5.32 Å². The fraction of sp³-hybridized carbons (Fsp3) is 0.400. The van der Waals surface area contributed by atoms with Crippen molar-refractivity contribution >= 4 is 5.57 Å². The molecule has 0 aliphatic carbocycles. The van der Waals surface area contributed by atoms with Crippen LogP contribution in [0.4, 0.5) is 0 Å². The van der Waals surface area contributed by atoms with Gasteiger partial charge in [0.05, 0.1) is 0 Å². The molecule has 3 nitrogen and oxygen atoms in total. The van der Waals surface area contributed by atoms with Crippen LogP contribution < -0.4 is 5.32 Å². The predicted molar refractivity (Wildman–Crippen MR) is 52.2 cm³/mol. The van der Waals surface area contributed by atoms with Crippen LogP contribution in [0.25, 0.3) is 5.57 Å². The topological polar surface area (TPSA) is 37.8 Å². The second kappa shape index (κ2) is 3.66. The fourth-order valence-corrected chi connectivity index (χ4v) is 1.38. The second-order valence-electron chi connectivity index (χ2n) is 3.27. The molecule has 13 heavy (non-hydrogen) atoms. The highest BCUT2D eigenvalue weighted by atomic mass is 14.9. The molecule has 0 fully saturated rings. The highest BCUT2D eigenvalue weighted by Gasteiger charge is 2.07. The summed E-state index contributed by atoms with van der Waals surface area (Å²) in [6.45, 7) is 3.97. The Labute approximate surface area is 77.9 Å². The standard InChI is InChI=1S/C10H13N3/c1-8-6-12-10(13-7-8)9-2-4-11-5-3-9/h2,6-7,11H,3-5H2,1H3. The quantitative estimate of drug-likeness (QED) is 0.696. The van der Waals surface area contributed by atoms with Gasteiger partial charge in [0.15, 0.2) is 5.82 Å². The molecule has 1 N–H and O–H groups in total. The van der Waals surface area contributed by atoms with E-state index in [0.29, 0.717) is 0 Å². The van der Waals surface area contributed by atoms with Crippen molar-refractivity contribution in [3.8, 4) is 0 Å². The van der Waals surface area contributed by atoms with Crippen molar-refractivity contribution < 1.29 is 0 Å². The van der Waals surface area contributed by atoms with Crippen LogP contribution in [-0.4, -0.2) is 23.1 Å². The number of nitrogens with one attached hydrogen (secondary N) is 1. The SMILES string of the molecule is Cc1cnc(C2=CCNCC2)nc1. The minimum Gasteiger partial charge on any atom is -0.313 e. The first-order valence-corrected chi connectivity index (χ1v) is 4.55. The summed E-state index contributed by atoms with van der Waals surface area (Å²) < 4.78 is 0. The van der Waals surface area contributed by atoms with Crippen LogP contribution in [0, 0.1) is 6.92 Å². The Bertz CT molecular complexity index is 313. The number of aryl methyl sites for hydroxylation is 1. The van der Waals surface area contributed by atoms with E-state index in [9.17, 15) is 0 Å². The zero-order valence-electron chi connectivity index (χ0n) is 7.75. The summed E-state index contributed by atoms with van der Waals surface area (Å²) in [6.07, 6.45) is 6.92. The molecule has 0 bridgehead atoms. The van der Waals surface area contributed by atoms with Crippen LogP contribution in [0.1, 0.15) is 17.8 Å². The third-order valence-corrected chi connectivity index (χ3v) is 2.13. The van der Waals surface area contributed by atoms with E-state index in [1.54, 1.807) is 0 Å². The first kappa shape index (κ1) is 8.38. The van der Waals surface area contributed by atoms with Crippen LogP contribution in [0.15, 0.2) is 18.5 Å². The van der Waals surface area contributed by atoms with Gasteiger partial charge in [0.1, 0.15) is 0 Å². The Balaban J connectivity index is 2.24. The Kier molecular flexibility index (Phi) is 2.36. The summed E-state index contributed by atoms with van der Waals surface area (Å²) in [7, 11) is 0. The number of aromatic nitrogens is 2. The molecule has 0 aromatic carbocycles. The van der Waals surface area contributed by atoms with Gasteiger partial charge in [0, 0.05) is 18.9 Å². The minimum absolute atomic E-state index is 0.882. The number of rotatable bonds is 1. The monoisotopic (exact) mass is 175 g/mol. The summed E-state index contributed by atoms with van der Waals surface area (Å²) in [5.74, 6) is 0.882. The van der Waals surface area contributed by atoms with Crippen molar-refractivity contribution in [1.82, 2.24) is 15.3 Å². The van der Waals surface area contributed by atoms with Gasteiger partial charge in [0.2, 0.25) is 0 Å². The molecule has 1 aromatic heterocycles. The highest BCUT2D eigenvalue weighted by Crippen LogP contribution is 2.14. The third kappa shape index (κ3) is 1.92. The largest absolute Gasteiger partial charge is 0.313 e. The first-order valence-electron chi connectivity index (χ1n) is 4.55. The van der Waals surface area contributed by atoms with Gasteiger partial charge in [-0.1, -0.05) is 6.08 Å². The summed E-state index contributed by atoms with van der Waals surface area (Å²) >= 11 is 0. The van der Waals surface area contributed by atoms with Gasteiger partial charge in [-0.25, -0.2) is 9.97 Å². The summed E-state index contributed by atoms with van der Waals surface area (Å²) in [5.41, 5.74) is 2.37. The zero-order valence-corrected chi connectivity index (χ0v) is 7.75. The molecule has 0 atom stereocenters. The third-order valence-electron chi connectivity index (χ3n) is 2.13. The van der Waals surface area contributed by atoms with E-state index in [0.717, 1.165) is 30.9 Å². The predicted octanol–water partition coefficient (Wildman–Crippen LogP) is 1.16. The lowest BCUT2D eigenvalue weighted by atomic mass is 10.1. The van der Waals surface area contributed by atoms with E-state index in [1.807, 2.05) is 19.3 Å². The molecule has 1 aliphatic rings. The van der Waals surface area contributed by atoms with Crippen LogP contribution in [0.5, 0.6) is 0 Å². The Hall–Kier alpha value is -1.22. The maximum atomic E-state index is 4.29. The number of hydrogen-bond donors (Lipinski definition) is 1. The molecule has 0 amide bonds. The summed E-state index contributed by atoms with van der Waals surface area (Å²) in [6, 6.07) is 0. The van der Waals surface area contributed by atoms with Crippen LogP contribution in [-0.2, 0) is 0 Å². The average Bonchev–Trinajstić information content (AvgIpc) is 2.20.